The lowest BCUT2D eigenvalue weighted by molar-refractivity contribution is -0.116. The molecule has 1 aromatic carbocycles. The van der Waals surface area contributed by atoms with Crippen molar-refractivity contribution in [2.24, 2.45) is 0 Å². The van der Waals surface area contributed by atoms with E-state index >= 15 is 0 Å². The number of amidine groups is 1. The van der Waals surface area contributed by atoms with Crippen LogP contribution in [-0.4, -0.2) is 44.2 Å². The van der Waals surface area contributed by atoms with Crippen molar-refractivity contribution in [3.05, 3.63) is 58.8 Å². The highest BCUT2D eigenvalue weighted by Crippen LogP contribution is 2.34. The van der Waals surface area contributed by atoms with E-state index in [1.807, 2.05) is 36.5 Å². The molecule has 0 saturated carbocycles. The molecule has 2 aromatic rings. The maximum absolute atomic E-state index is 12.2. The summed E-state index contributed by atoms with van der Waals surface area (Å²) < 4.78 is 1.74. The van der Waals surface area contributed by atoms with Crippen LogP contribution < -0.4 is 5.32 Å². The second-order valence-electron chi connectivity index (χ2n) is 7.25. The average molecular weight is 430 g/mol. The molecule has 1 saturated heterocycles. The molecule has 6 nitrogen and oxygen atoms in total. The van der Waals surface area contributed by atoms with Crippen LogP contribution in [0.4, 0.5) is 0 Å². The minimum Gasteiger partial charge on any atom is -0.357 e. The van der Waals surface area contributed by atoms with E-state index < -0.39 is 0 Å². The van der Waals surface area contributed by atoms with Crippen molar-refractivity contribution >= 4 is 35.1 Å². The first-order valence-electron chi connectivity index (χ1n) is 9.87. The number of likely N-dealkylation sites (tertiary alicyclic amines) is 1. The summed E-state index contributed by atoms with van der Waals surface area (Å²) in [5, 5.41) is 15.7. The predicted molar refractivity (Wildman–Crippen MR) is 118 cm³/mol. The monoisotopic (exact) mass is 429 g/mol. The quantitative estimate of drug-likeness (QED) is 0.429. The van der Waals surface area contributed by atoms with E-state index in [-0.39, 0.29) is 10.6 Å². The lowest BCUT2D eigenvalue weighted by Gasteiger charge is -2.29. The number of carbonyl (C=O) groups is 1. The maximum atomic E-state index is 12.2. The van der Waals surface area contributed by atoms with Gasteiger partial charge in [0.2, 0.25) is 0 Å². The molecule has 0 spiro atoms. The predicted octanol–water partition coefficient (Wildman–Crippen LogP) is 3.89. The maximum Gasteiger partial charge on any atom is 0.257 e. The summed E-state index contributed by atoms with van der Waals surface area (Å²) in [7, 11) is 0. The molecule has 1 aromatic heterocycles. The summed E-state index contributed by atoms with van der Waals surface area (Å²) in [4.78, 5) is 15.0. The minimum absolute atomic E-state index is 0.0436. The van der Waals surface area contributed by atoms with Crippen LogP contribution in [0.2, 0.25) is 0 Å². The molecular formula is C21H24ClN5OS. The van der Waals surface area contributed by atoms with Crippen molar-refractivity contribution in [1.29, 1.82) is 5.41 Å². The van der Waals surface area contributed by atoms with Gasteiger partial charge in [0.15, 0.2) is 0 Å². The lowest BCUT2D eigenvalue weighted by Crippen LogP contribution is -2.35. The fourth-order valence-corrected chi connectivity index (χ4v) is 4.73. The van der Waals surface area contributed by atoms with E-state index in [4.69, 9.17) is 17.0 Å². The zero-order valence-corrected chi connectivity index (χ0v) is 17.7. The van der Waals surface area contributed by atoms with Crippen LogP contribution in [0.25, 0.3) is 5.69 Å². The van der Waals surface area contributed by atoms with Gasteiger partial charge in [0.1, 0.15) is 5.84 Å². The van der Waals surface area contributed by atoms with Crippen LogP contribution in [0.5, 0.6) is 0 Å². The van der Waals surface area contributed by atoms with E-state index in [0.717, 1.165) is 49.2 Å². The van der Waals surface area contributed by atoms with E-state index in [9.17, 15) is 4.79 Å². The van der Waals surface area contributed by atoms with Crippen molar-refractivity contribution in [2.75, 3.05) is 13.1 Å². The molecule has 1 amide bonds. The van der Waals surface area contributed by atoms with E-state index in [2.05, 4.69) is 15.3 Å². The first-order valence-corrected chi connectivity index (χ1v) is 11.2. The number of nitrogens with zero attached hydrogens (tertiary/aromatic N) is 3. The summed E-state index contributed by atoms with van der Waals surface area (Å²) in [6.07, 6.45) is 9.85. The number of nitrogens with one attached hydrogen (secondary N) is 2. The van der Waals surface area contributed by atoms with Gasteiger partial charge >= 0.3 is 0 Å². The topological polar surface area (TPSA) is 74.0 Å². The zero-order valence-electron chi connectivity index (χ0n) is 16.1. The third-order valence-electron chi connectivity index (χ3n) is 5.13. The van der Waals surface area contributed by atoms with Gasteiger partial charge in [-0.05, 0) is 49.9 Å². The van der Waals surface area contributed by atoms with Crippen molar-refractivity contribution in [3.8, 4) is 5.69 Å². The normalized spacial score (nSPS) is 19.1. The number of allylic oxidation sites excluding steroid dienone is 1. The molecule has 2 aliphatic rings. The van der Waals surface area contributed by atoms with Gasteiger partial charge in [-0.2, -0.15) is 5.10 Å². The van der Waals surface area contributed by atoms with Crippen LogP contribution in [-0.2, 0) is 11.3 Å². The molecule has 0 bridgehead atoms. The number of hydrogen-bond donors (Lipinski definition) is 2. The average Bonchev–Trinajstić information content (AvgIpc) is 3.41. The number of halogens is 1. The molecule has 8 heteroatoms. The van der Waals surface area contributed by atoms with Gasteiger partial charge in [0, 0.05) is 37.0 Å². The van der Waals surface area contributed by atoms with Gasteiger partial charge in [-0.25, -0.2) is 4.68 Å². The summed E-state index contributed by atoms with van der Waals surface area (Å²) in [6, 6.07) is 7.90. The Labute approximate surface area is 179 Å². The Morgan fingerprint density at radius 3 is 2.69 bits per heavy atom. The second kappa shape index (κ2) is 9.05. The van der Waals surface area contributed by atoms with Crippen molar-refractivity contribution < 1.29 is 4.79 Å². The van der Waals surface area contributed by atoms with Crippen LogP contribution >= 0.6 is 23.4 Å². The van der Waals surface area contributed by atoms with E-state index in [0.29, 0.717) is 17.3 Å². The smallest absolute Gasteiger partial charge is 0.257 e. The van der Waals surface area contributed by atoms with Gasteiger partial charge < -0.3 is 10.2 Å². The highest BCUT2D eigenvalue weighted by atomic mass is 35.5. The first kappa shape index (κ1) is 20.0. The molecule has 1 atom stereocenters. The van der Waals surface area contributed by atoms with Crippen molar-refractivity contribution in [2.45, 2.75) is 36.9 Å². The van der Waals surface area contributed by atoms with Crippen LogP contribution in [0, 0.1) is 5.41 Å². The highest BCUT2D eigenvalue weighted by molar-refractivity contribution is 8.05. The summed E-state index contributed by atoms with van der Waals surface area (Å²) in [5.41, 5.74) is 2.78. The Morgan fingerprint density at radius 2 is 2.00 bits per heavy atom. The van der Waals surface area contributed by atoms with Gasteiger partial charge in [0.05, 0.1) is 21.5 Å². The van der Waals surface area contributed by atoms with Crippen LogP contribution in [0.1, 0.15) is 36.8 Å². The molecule has 1 fully saturated rings. The fraction of sp³-hybridized carbons (Fsp3) is 0.381. The molecule has 2 aliphatic heterocycles. The molecule has 0 aliphatic carbocycles. The Balaban J connectivity index is 1.35. The Morgan fingerprint density at radius 1 is 1.24 bits per heavy atom. The van der Waals surface area contributed by atoms with Crippen LogP contribution in [0.15, 0.2) is 47.6 Å². The molecule has 3 heterocycles. The number of thioether (sulfide) groups is 1. The number of benzene rings is 1. The SMILES string of the molecule is N=C(c1ccc(-n2cc(CNC(=O)C3=CCC(Cl)S3)cn2)cc1)N1CCCCC1. The minimum atomic E-state index is -0.0912. The third-order valence-corrected chi connectivity index (χ3v) is 6.63. The Kier molecular flexibility index (Phi) is 6.25. The Hall–Kier alpha value is -2.25. The summed E-state index contributed by atoms with van der Waals surface area (Å²) in [6.45, 7) is 2.35. The number of hydrogen-bond acceptors (Lipinski definition) is 4. The molecule has 0 radical (unpaired) electrons. The largest absolute Gasteiger partial charge is 0.357 e. The van der Waals surface area contributed by atoms with Gasteiger partial charge in [0.25, 0.3) is 5.91 Å². The van der Waals surface area contributed by atoms with Crippen molar-refractivity contribution in [3.63, 3.8) is 0 Å². The number of piperidine rings is 1. The van der Waals surface area contributed by atoms with Gasteiger partial charge in [-0.15, -0.1) is 23.4 Å². The molecule has 2 N–H and O–H groups in total. The highest BCUT2D eigenvalue weighted by Gasteiger charge is 2.20. The molecule has 1 unspecified atom stereocenters. The second-order valence-corrected chi connectivity index (χ2v) is 9.28. The molecule has 152 valence electrons. The lowest BCUT2D eigenvalue weighted by atomic mass is 10.1. The van der Waals surface area contributed by atoms with Gasteiger partial charge in [-0.3, -0.25) is 10.2 Å². The number of rotatable bonds is 5. The number of carbonyl (C=O) groups excluding carboxylic acids is 1. The molecule has 29 heavy (non-hydrogen) atoms. The number of amides is 1. The molecular weight excluding hydrogens is 406 g/mol. The third kappa shape index (κ3) is 4.85. The van der Waals surface area contributed by atoms with E-state index in [1.165, 1.54) is 18.2 Å². The standard InChI is InChI=1S/C21H24ClN5OS/c22-19-9-8-18(29-19)21(28)24-12-15-13-25-27(14-15)17-6-4-16(5-7-17)20(23)26-10-2-1-3-11-26/h4-8,13-14,19,23H,1-3,9-12H2,(H,24,28). The number of alkyl halides is 1. The van der Waals surface area contributed by atoms with Crippen molar-refractivity contribution in [1.82, 2.24) is 20.0 Å². The fourth-order valence-electron chi connectivity index (χ4n) is 3.51. The zero-order chi connectivity index (χ0) is 20.2. The molecule has 4 rings (SSSR count). The summed E-state index contributed by atoms with van der Waals surface area (Å²) >= 11 is 7.41. The Bertz CT molecular complexity index is 917. The van der Waals surface area contributed by atoms with E-state index in [1.54, 1.807) is 10.9 Å². The number of aromatic nitrogens is 2. The van der Waals surface area contributed by atoms with Crippen LogP contribution in [0.3, 0.4) is 0 Å². The van der Waals surface area contributed by atoms with Gasteiger partial charge in [-0.1, -0.05) is 6.08 Å². The first-order chi connectivity index (χ1) is 14.1. The summed E-state index contributed by atoms with van der Waals surface area (Å²) in [5.74, 6) is 0.505.